The Hall–Kier alpha value is -0.300. The molecule has 106 valence electrons. The molecule has 0 aromatic heterocycles. The first kappa shape index (κ1) is 15.8. The van der Waals surface area contributed by atoms with E-state index in [1.807, 2.05) is 0 Å². The molecule has 1 N–H and O–H groups in total. The van der Waals surface area contributed by atoms with Gasteiger partial charge < -0.3 is 5.32 Å². The molecule has 1 nitrogen and oxygen atoms in total. The van der Waals surface area contributed by atoms with Crippen LogP contribution >= 0.6 is 0 Å². The third kappa shape index (κ3) is 9.70. The topological polar surface area (TPSA) is 12.0 Å². The first-order valence-corrected chi connectivity index (χ1v) is 8.28. The fourth-order valence-corrected chi connectivity index (χ4v) is 2.67. The predicted octanol–water partition coefficient (Wildman–Crippen LogP) is 5.22. The molecule has 0 saturated carbocycles. The summed E-state index contributed by atoms with van der Waals surface area (Å²) in [6, 6.07) is 0.723. The smallest absolute Gasteiger partial charge is 0.00387 e. The van der Waals surface area contributed by atoms with E-state index in [1.54, 1.807) is 0 Å². The van der Waals surface area contributed by atoms with Crippen LogP contribution in [0.3, 0.4) is 0 Å². The summed E-state index contributed by atoms with van der Waals surface area (Å²) in [5.41, 5.74) is 0. The van der Waals surface area contributed by atoms with Gasteiger partial charge in [-0.15, -0.1) is 0 Å². The van der Waals surface area contributed by atoms with Crippen LogP contribution in [0.15, 0.2) is 12.2 Å². The fraction of sp³-hybridized carbons (Fsp3) is 0.882. The highest BCUT2D eigenvalue weighted by Gasteiger charge is 2.00. The van der Waals surface area contributed by atoms with Gasteiger partial charge in [0.2, 0.25) is 0 Å². The molecule has 0 unspecified atom stereocenters. The Morgan fingerprint density at radius 3 is 2.00 bits per heavy atom. The van der Waals surface area contributed by atoms with Crippen molar-refractivity contribution in [2.45, 2.75) is 90.0 Å². The molecule has 0 spiro atoms. The normalized spacial score (nSPS) is 26.6. The van der Waals surface area contributed by atoms with Crippen molar-refractivity contribution in [3.05, 3.63) is 12.2 Å². The van der Waals surface area contributed by atoms with Crippen molar-refractivity contribution < 1.29 is 0 Å². The zero-order valence-corrected chi connectivity index (χ0v) is 12.4. The van der Waals surface area contributed by atoms with Gasteiger partial charge in [-0.05, 0) is 52.0 Å². The summed E-state index contributed by atoms with van der Waals surface area (Å²) in [6.45, 7) is 3.57. The average molecular weight is 251 g/mol. The van der Waals surface area contributed by atoms with E-state index in [-0.39, 0.29) is 0 Å². The lowest BCUT2D eigenvalue weighted by atomic mass is 10.1. The fourth-order valence-electron chi connectivity index (χ4n) is 2.67. The number of hydrogen-bond donors (Lipinski definition) is 1. The monoisotopic (exact) mass is 251 g/mol. The summed E-state index contributed by atoms with van der Waals surface area (Å²) in [5, 5.41) is 3.66. The van der Waals surface area contributed by atoms with Gasteiger partial charge in [0.15, 0.2) is 0 Å². The van der Waals surface area contributed by atoms with Crippen molar-refractivity contribution in [1.82, 2.24) is 5.32 Å². The molecule has 0 aromatic rings. The van der Waals surface area contributed by atoms with E-state index in [0.717, 1.165) is 6.04 Å². The van der Waals surface area contributed by atoms with E-state index in [4.69, 9.17) is 0 Å². The summed E-state index contributed by atoms with van der Waals surface area (Å²) < 4.78 is 0. The molecule has 18 heavy (non-hydrogen) atoms. The Morgan fingerprint density at radius 1 is 0.722 bits per heavy atom. The molecule has 0 amide bonds. The number of nitrogens with one attached hydrogen (secondary N) is 1. The summed E-state index contributed by atoms with van der Waals surface area (Å²) in [6.07, 6.45) is 21.4. The minimum atomic E-state index is 0.723. The van der Waals surface area contributed by atoms with Gasteiger partial charge in [0.05, 0.1) is 0 Å². The van der Waals surface area contributed by atoms with Gasteiger partial charge in [-0.25, -0.2) is 0 Å². The zero-order valence-electron chi connectivity index (χ0n) is 12.4. The van der Waals surface area contributed by atoms with Crippen LogP contribution in [0.2, 0.25) is 0 Å². The minimum absolute atomic E-state index is 0.723. The van der Waals surface area contributed by atoms with E-state index in [1.165, 1.54) is 83.6 Å². The summed E-state index contributed by atoms with van der Waals surface area (Å²) in [7, 11) is 0. The second-order valence-electron chi connectivity index (χ2n) is 5.87. The molecular weight excluding hydrogens is 218 g/mol. The van der Waals surface area contributed by atoms with Crippen LogP contribution in [-0.2, 0) is 0 Å². The highest BCUT2D eigenvalue weighted by Crippen LogP contribution is 2.10. The molecule has 1 aliphatic heterocycles. The van der Waals surface area contributed by atoms with Gasteiger partial charge in [-0.1, -0.05) is 50.7 Å². The van der Waals surface area contributed by atoms with Gasteiger partial charge in [0.1, 0.15) is 0 Å². The SMILES string of the molecule is C[C@H]1CCCCCCC=CCCCCCCCN1. The van der Waals surface area contributed by atoms with E-state index in [2.05, 4.69) is 24.4 Å². The Labute approximate surface area is 114 Å². The first-order valence-electron chi connectivity index (χ1n) is 8.28. The van der Waals surface area contributed by atoms with Gasteiger partial charge in [0.25, 0.3) is 0 Å². The van der Waals surface area contributed by atoms with Crippen LogP contribution in [0.4, 0.5) is 0 Å². The maximum atomic E-state index is 3.66. The Morgan fingerprint density at radius 2 is 1.28 bits per heavy atom. The van der Waals surface area contributed by atoms with Crippen LogP contribution in [0.5, 0.6) is 0 Å². The van der Waals surface area contributed by atoms with Crippen molar-refractivity contribution in [3.63, 3.8) is 0 Å². The molecule has 1 heterocycles. The maximum absolute atomic E-state index is 3.66. The second kappa shape index (κ2) is 11.8. The van der Waals surface area contributed by atoms with Crippen molar-refractivity contribution in [2.75, 3.05) is 6.54 Å². The molecule has 0 fully saturated rings. The summed E-state index contributed by atoms with van der Waals surface area (Å²) in [4.78, 5) is 0. The standard InChI is InChI=1S/C17H33N/c1-17-15-13-11-9-7-5-3-2-4-6-8-10-12-14-16-18-17/h2-3,17-18H,4-16H2,1H3/t17-/m0/s1. The van der Waals surface area contributed by atoms with Crippen molar-refractivity contribution in [3.8, 4) is 0 Å². The predicted molar refractivity (Wildman–Crippen MR) is 82.0 cm³/mol. The Balaban J connectivity index is 2.15. The van der Waals surface area contributed by atoms with E-state index >= 15 is 0 Å². The number of rotatable bonds is 0. The van der Waals surface area contributed by atoms with E-state index < -0.39 is 0 Å². The van der Waals surface area contributed by atoms with Crippen LogP contribution < -0.4 is 5.32 Å². The maximum Gasteiger partial charge on any atom is 0.00387 e. The lowest BCUT2D eigenvalue weighted by molar-refractivity contribution is 0.468. The molecule has 0 aliphatic carbocycles. The van der Waals surface area contributed by atoms with E-state index in [0.29, 0.717) is 0 Å². The molecule has 1 heteroatoms. The molecule has 0 saturated heterocycles. The van der Waals surface area contributed by atoms with Gasteiger partial charge in [0, 0.05) is 6.04 Å². The van der Waals surface area contributed by atoms with Crippen LogP contribution in [-0.4, -0.2) is 12.6 Å². The lowest BCUT2D eigenvalue weighted by Gasteiger charge is -2.13. The van der Waals surface area contributed by atoms with Crippen LogP contribution in [0.1, 0.15) is 84.0 Å². The molecule has 0 radical (unpaired) electrons. The van der Waals surface area contributed by atoms with Crippen molar-refractivity contribution in [1.29, 1.82) is 0 Å². The number of hydrogen-bond acceptors (Lipinski definition) is 1. The summed E-state index contributed by atoms with van der Waals surface area (Å²) >= 11 is 0. The lowest BCUT2D eigenvalue weighted by Crippen LogP contribution is -2.26. The molecule has 1 atom stereocenters. The van der Waals surface area contributed by atoms with E-state index in [9.17, 15) is 0 Å². The van der Waals surface area contributed by atoms with Gasteiger partial charge in [-0.3, -0.25) is 0 Å². The molecule has 1 aliphatic rings. The third-order valence-electron chi connectivity index (χ3n) is 3.96. The largest absolute Gasteiger partial charge is 0.314 e. The highest BCUT2D eigenvalue weighted by molar-refractivity contribution is 4.81. The van der Waals surface area contributed by atoms with Gasteiger partial charge >= 0.3 is 0 Å². The van der Waals surface area contributed by atoms with Crippen molar-refractivity contribution in [2.24, 2.45) is 0 Å². The van der Waals surface area contributed by atoms with Crippen LogP contribution in [0, 0.1) is 0 Å². The van der Waals surface area contributed by atoms with Gasteiger partial charge in [-0.2, -0.15) is 0 Å². The molecule has 1 rings (SSSR count). The highest BCUT2D eigenvalue weighted by atomic mass is 14.9. The summed E-state index contributed by atoms with van der Waals surface area (Å²) in [5.74, 6) is 0. The Kier molecular flexibility index (Phi) is 10.3. The third-order valence-corrected chi connectivity index (χ3v) is 3.96. The van der Waals surface area contributed by atoms with Crippen molar-refractivity contribution >= 4 is 0 Å². The molecule has 0 bridgehead atoms. The van der Waals surface area contributed by atoms with Crippen LogP contribution in [0.25, 0.3) is 0 Å². The first-order chi connectivity index (χ1) is 8.89. The second-order valence-corrected chi connectivity index (χ2v) is 5.87. The Bertz CT molecular complexity index is 198. The molecule has 0 aromatic carbocycles. The number of allylic oxidation sites excluding steroid dienone is 2. The zero-order chi connectivity index (χ0) is 12.9. The quantitative estimate of drug-likeness (QED) is 0.582. The average Bonchev–Trinajstić information content (AvgIpc) is 2.37. The molecular formula is C17H33N. The minimum Gasteiger partial charge on any atom is -0.314 e.